The van der Waals surface area contributed by atoms with Crippen molar-refractivity contribution in [1.82, 2.24) is 15.1 Å². The smallest absolute Gasteiger partial charge is 0.239 e. The number of rotatable bonds is 13. The number of nitrogens with two attached hydrogens (primary N) is 1. The third-order valence-corrected chi connectivity index (χ3v) is 8.19. The van der Waals surface area contributed by atoms with E-state index in [-0.39, 0.29) is 29.6 Å². The minimum Gasteiger partial charge on any atom is -0.493 e. The molecule has 1 saturated heterocycles. The first-order chi connectivity index (χ1) is 20.6. The molecule has 1 fully saturated rings. The summed E-state index contributed by atoms with van der Waals surface area (Å²) in [5, 5.41) is 3.23. The first-order valence-electron chi connectivity index (χ1n) is 16.1. The zero-order chi connectivity index (χ0) is 32.1. The number of ether oxygens (including phenoxy) is 1. The molecule has 238 valence electrons. The van der Waals surface area contributed by atoms with E-state index in [0.29, 0.717) is 36.8 Å². The molecule has 0 aromatic heterocycles. The second kappa shape index (κ2) is 17.7. The average molecular weight is 594 g/mol. The molecule has 0 aliphatic carbocycles. The molecule has 1 amide bonds. The number of nitrogens with zero attached hydrogens (tertiary/aromatic N) is 3. The van der Waals surface area contributed by atoms with Crippen molar-refractivity contribution in [3.05, 3.63) is 59.7 Å². The summed E-state index contributed by atoms with van der Waals surface area (Å²) in [5.41, 5.74) is 10.7. The molecule has 0 saturated carbocycles. The predicted octanol–water partition coefficient (Wildman–Crippen LogP) is 6.75. The summed E-state index contributed by atoms with van der Waals surface area (Å²) in [6.45, 7) is 23.2. The minimum atomic E-state index is -0.186. The van der Waals surface area contributed by atoms with Gasteiger partial charge in [0, 0.05) is 54.8 Å². The Bertz CT molecular complexity index is 1200. The van der Waals surface area contributed by atoms with Crippen molar-refractivity contribution in [1.29, 1.82) is 0 Å². The van der Waals surface area contributed by atoms with Crippen LogP contribution in [-0.2, 0) is 4.79 Å². The maximum Gasteiger partial charge on any atom is 0.239 e. The Morgan fingerprint density at radius 2 is 1.88 bits per heavy atom. The van der Waals surface area contributed by atoms with Gasteiger partial charge in [-0.05, 0) is 51.2 Å². The van der Waals surface area contributed by atoms with Crippen LogP contribution in [0.1, 0.15) is 103 Å². The number of unbranched alkanes of at least 4 members (excludes halogenated alkanes) is 2. The largest absolute Gasteiger partial charge is 0.493 e. The second-order valence-corrected chi connectivity index (χ2v) is 11.4. The van der Waals surface area contributed by atoms with E-state index in [0.717, 1.165) is 41.9 Å². The number of nitrogens with one attached hydrogen (secondary N) is 1. The highest BCUT2D eigenvalue weighted by atomic mass is 16.5. The summed E-state index contributed by atoms with van der Waals surface area (Å²) in [5.74, 6) is 1.26. The monoisotopic (exact) mass is 593 g/mol. The van der Waals surface area contributed by atoms with Crippen molar-refractivity contribution >= 4 is 23.1 Å². The molecule has 3 N–H and O–H groups in total. The topological polar surface area (TPSA) is 100 Å². The number of amidine groups is 1. The number of carbonyl (C=O) groups is 2. The number of hydrogen-bond acceptors (Lipinski definition) is 7. The SMILES string of the molecule is C=C(C(CC)CN1CCNC(C)C1=O)N1C=CN=C(N)/C1=C(\c1ccc(C(C)=O)cc1OCC)C(C)CC.CCCCC. The summed E-state index contributed by atoms with van der Waals surface area (Å²) in [6, 6.07) is 5.40. The molecule has 3 atom stereocenters. The van der Waals surface area contributed by atoms with E-state index >= 15 is 0 Å². The lowest BCUT2D eigenvalue weighted by atomic mass is 9.87. The normalized spacial score (nSPS) is 19.2. The molecule has 2 aliphatic rings. The third kappa shape index (κ3) is 9.30. The maximum absolute atomic E-state index is 12.8. The number of ketones is 1. The first-order valence-corrected chi connectivity index (χ1v) is 16.1. The summed E-state index contributed by atoms with van der Waals surface area (Å²) in [7, 11) is 0. The van der Waals surface area contributed by atoms with Gasteiger partial charge in [0.25, 0.3) is 0 Å². The zero-order valence-electron chi connectivity index (χ0n) is 27.8. The van der Waals surface area contributed by atoms with Crippen molar-refractivity contribution in [2.75, 3.05) is 26.2 Å². The molecule has 0 radical (unpaired) electrons. The van der Waals surface area contributed by atoms with E-state index < -0.39 is 0 Å². The summed E-state index contributed by atoms with van der Waals surface area (Å²) in [6.07, 6.45) is 9.33. The molecule has 0 spiro atoms. The Kier molecular flexibility index (Phi) is 14.7. The van der Waals surface area contributed by atoms with Crippen LogP contribution >= 0.6 is 0 Å². The average Bonchev–Trinajstić information content (AvgIpc) is 2.99. The van der Waals surface area contributed by atoms with Crippen LogP contribution in [-0.4, -0.2) is 59.6 Å². The number of allylic oxidation sites excluding steroid dienone is 1. The number of carbonyl (C=O) groups excluding carboxylic acids is 2. The summed E-state index contributed by atoms with van der Waals surface area (Å²) >= 11 is 0. The highest BCUT2D eigenvalue weighted by Gasteiger charge is 2.32. The van der Waals surface area contributed by atoms with Crippen LogP contribution < -0.4 is 15.8 Å². The van der Waals surface area contributed by atoms with Gasteiger partial charge in [0.2, 0.25) is 5.91 Å². The van der Waals surface area contributed by atoms with Crippen molar-refractivity contribution < 1.29 is 14.3 Å². The van der Waals surface area contributed by atoms with E-state index in [4.69, 9.17) is 10.5 Å². The van der Waals surface area contributed by atoms with Crippen molar-refractivity contribution in [2.24, 2.45) is 22.6 Å². The lowest BCUT2D eigenvalue weighted by Crippen LogP contribution is -2.55. The molecule has 3 rings (SSSR count). The lowest BCUT2D eigenvalue weighted by Gasteiger charge is -2.38. The Morgan fingerprint density at radius 3 is 2.44 bits per heavy atom. The first kappa shape index (κ1) is 35.8. The number of benzene rings is 1. The fourth-order valence-corrected chi connectivity index (χ4v) is 5.37. The molecule has 2 aliphatic heterocycles. The number of hydrogen-bond donors (Lipinski definition) is 2. The molecule has 1 aromatic carbocycles. The number of amides is 1. The van der Waals surface area contributed by atoms with Gasteiger partial charge in [-0.2, -0.15) is 0 Å². The van der Waals surface area contributed by atoms with Crippen LogP contribution in [0.2, 0.25) is 0 Å². The molecule has 0 bridgehead atoms. The van der Waals surface area contributed by atoms with Crippen molar-refractivity contribution in [3.8, 4) is 5.75 Å². The van der Waals surface area contributed by atoms with Crippen LogP contribution in [0, 0.1) is 11.8 Å². The van der Waals surface area contributed by atoms with Gasteiger partial charge in [-0.15, -0.1) is 0 Å². The molecule has 3 unspecified atom stereocenters. The Hall–Kier alpha value is -3.39. The van der Waals surface area contributed by atoms with Gasteiger partial charge in [0.1, 0.15) is 11.6 Å². The molecule has 43 heavy (non-hydrogen) atoms. The highest BCUT2D eigenvalue weighted by Crippen LogP contribution is 2.39. The number of piperazine rings is 1. The third-order valence-electron chi connectivity index (χ3n) is 8.19. The van der Waals surface area contributed by atoms with Gasteiger partial charge in [-0.3, -0.25) is 9.59 Å². The van der Waals surface area contributed by atoms with E-state index in [2.05, 4.69) is 51.5 Å². The fourth-order valence-electron chi connectivity index (χ4n) is 5.37. The molecule has 2 heterocycles. The highest BCUT2D eigenvalue weighted by molar-refractivity contribution is 6.05. The predicted molar refractivity (Wildman–Crippen MR) is 179 cm³/mol. The Morgan fingerprint density at radius 1 is 1.19 bits per heavy atom. The van der Waals surface area contributed by atoms with Gasteiger partial charge in [0.15, 0.2) is 5.78 Å². The molecular weight excluding hydrogens is 538 g/mol. The molecule has 8 nitrogen and oxygen atoms in total. The lowest BCUT2D eigenvalue weighted by molar-refractivity contribution is -0.135. The summed E-state index contributed by atoms with van der Waals surface area (Å²) < 4.78 is 6.04. The molecule has 1 aromatic rings. The number of Topliss-reactive ketones (excluding diaryl/α,β-unsaturated/α-hetero) is 1. The maximum atomic E-state index is 12.8. The van der Waals surface area contributed by atoms with Crippen LogP contribution in [0.3, 0.4) is 0 Å². The quantitative estimate of drug-likeness (QED) is 0.246. The summed E-state index contributed by atoms with van der Waals surface area (Å²) in [4.78, 5) is 33.3. The minimum absolute atomic E-state index is 0.0190. The van der Waals surface area contributed by atoms with Gasteiger partial charge >= 0.3 is 0 Å². The van der Waals surface area contributed by atoms with Crippen LogP contribution in [0.5, 0.6) is 5.75 Å². The van der Waals surface area contributed by atoms with Crippen LogP contribution in [0.25, 0.3) is 5.57 Å². The van der Waals surface area contributed by atoms with E-state index in [1.165, 1.54) is 19.3 Å². The Labute approximate surface area is 260 Å². The van der Waals surface area contributed by atoms with Crippen molar-refractivity contribution in [2.45, 2.75) is 93.5 Å². The van der Waals surface area contributed by atoms with Gasteiger partial charge < -0.3 is 25.6 Å². The molecule has 8 heteroatoms. The zero-order valence-corrected chi connectivity index (χ0v) is 27.8. The van der Waals surface area contributed by atoms with Crippen LogP contribution in [0.4, 0.5) is 0 Å². The standard InChI is InChI=1S/C30H43N5O3.C5H12/c1-8-19(4)27(25-12-11-24(22(7)36)17-26(25)38-10-3)28-29(31)33-14-16-35(28)21(6)23(9-2)18-34-15-13-32-20(5)30(34)37;1-3-5-4-2/h11-12,14,16-17,19-20,23,32H,6,8-10,13,15,18H2,1-5,7H3,(H2,31,33);3-5H2,1-2H3/b28-27+;. The van der Waals surface area contributed by atoms with E-state index in [9.17, 15) is 9.59 Å². The van der Waals surface area contributed by atoms with Crippen LogP contribution in [0.15, 0.2) is 53.6 Å². The van der Waals surface area contributed by atoms with E-state index in [1.54, 1.807) is 19.2 Å². The Balaban J connectivity index is 0.00000119. The van der Waals surface area contributed by atoms with E-state index in [1.807, 2.05) is 42.0 Å². The van der Waals surface area contributed by atoms with Gasteiger partial charge in [-0.1, -0.05) is 72.6 Å². The van der Waals surface area contributed by atoms with Gasteiger partial charge in [-0.25, -0.2) is 4.99 Å². The molecular formula is C35H55N5O3. The second-order valence-electron chi connectivity index (χ2n) is 11.4. The number of aliphatic imine (C=N–C) groups is 1. The van der Waals surface area contributed by atoms with Gasteiger partial charge in [0.05, 0.1) is 18.3 Å². The van der Waals surface area contributed by atoms with Crippen molar-refractivity contribution in [3.63, 3.8) is 0 Å². The fraction of sp³-hybridized carbons (Fsp3) is 0.571.